The number of para-hydroxylation sites is 2. The van der Waals surface area contributed by atoms with E-state index in [1.807, 2.05) is 12.1 Å². The van der Waals surface area contributed by atoms with Crippen LogP contribution in [0.1, 0.15) is 32.1 Å². The van der Waals surface area contributed by atoms with Crippen LogP contribution in [0.15, 0.2) is 28.7 Å². The first kappa shape index (κ1) is 19.0. The first-order valence-corrected chi connectivity index (χ1v) is 9.41. The molecule has 2 aliphatic rings. The van der Waals surface area contributed by atoms with E-state index in [2.05, 4.69) is 4.98 Å². The van der Waals surface area contributed by atoms with Gasteiger partial charge in [0.15, 0.2) is 5.58 Å². The van der Waals surface area contributed by atoms with Gasteiger partial charge in [0.1, 0.15) is 11.6 Å². The highest BCUT2D eigenvalue weighted by molar-refractivity contribution is 5.76. The third kappa shape index (κ3) is 3.55. The standard InChI is InChI=1S/C19H22F3N3O3/c20-19(21,22)16(26)28-15-11-25(10-9-18(15)7-5-12(23)6-8-18)17-24-13-3-1-2-4-14(13)27-17/h1-4,12,15H,5-11,23H2. The topological polar surface area (TPSA) is 81.6 Å². The molecule has 1 unspecified atom stereocenters. The van der Waals surface area contributed by atoms with E-state index in [1.165, 1.54) is 0 Å². The maximum Gasteiger partial charge on any atom is 0.490 e. The van der Waals surface area contributed by atoms with E-state index in [4.69, 9.17) is 14.9 Å². The number of piperidine rings is 1. The number of aromatic nitrogens is 1. The van der Waals surface area contributed by atoms with E-state index in [0.29, 0.717) is 55.8 Å². The number of hydrogen-bond donors (Lipinski definition) is 1. The normalized spacial score (nSPS) is 28.6. The maximum absolute atomic E-state index is 12.8. The number of nitrogens with two attached hydrogens (primary N) is 1. The second-order valence-corrected chi connectivity index (χ2v) is 7.75. The molecule has 2 fully saturated rings. The van der Waals surface area contributed by atoms with Gasteiger partial charge in [-0.2, -0.15) is 18.2 Å². The molecule has 1 aliphatic heterocycles. The van der Waals surface area contributed by atoms with Gasteiger partial charge >= 0.3 is 12.1 Å². The molecule has 0 amide bonds. The van der Waals surface area contributed by atoms with Crippen molar-refractivity contribution < 1.29 is 27.1 Å². The molecule has 1 aromatic carbocycles. The van der Waals surface area contributed by atoms with Crippen LogP contribution in [0.2, 0.25) is 0 Å². The van der Waals surface area contributed by atoms with Crippen molar-refractivity contribution in [1.29, 1.82) is 0 Å². The van der Waals surface area contributed by atoms with Gasteiger partial charge in [-0.1, -0.05) is 12.1 Å². The zero-order valence-electron chi connectivity index (χ0n) is 15.2. The number of carbonyl (C=O) groups is 1. The van der Waals surface area contributed by atoms with E-state index >= 15 is 0 Å². The van der Waals surface area contributed by atoms with Gasteiger partial charge in [0.25, 0.3) is 6.01 Å². The average molecular weight is 397 g/mol. The fourth-order valence-electron chi connectivity index (χ4n) is 4.32. The van der Waals surface area contributed by atoms with Crippen LogP contribution in [0.5, 0.6) is 0 Å². The Kier molecular flexibility index (Phi) is 4.73. The van der Waals surface area contributed by atoms with Crippen molar-refractivity contribution in [1.82, 2.24) is 4.98 Å². The largest absolute Gasteiger partial charge is 0.490 e. The minimum absolute atomic E-state index is 0.0414. The number of rotatable bonds is 2. The van der Waals surface area contributed by atoms with Gasteiger partial charge in [-0.15, -0.1) is 0 Å². The highest BCUT2D eigenvalue weighted by Crippen LogP contribution is 2.47. The van der Waals surface area contributed by atoms with Crippen molar-refractivity contribution in [2.75, 3.05) is 18.0 Å². The Hall–Kier alpha value is -2.29. The molecule has 0 bridgehead atoms. The van der Waals surface area contributed by atoms with Gasteiger partial charge in [0.05, 0.1) is 6.54 Å². The number of benzene rings is 1. The van der Waals surface area contributed by atoms with Crippen molar-refractivity contribution >= 4 is 23.1 Å². The fourth-order valence-corrected chi connectivity index (χ4v) is 4.32. The monoisotopic (exact) mass is 397 g/mol. The number of halogens is 3. The lowest BCUT2D eigenvalue weighted by Gasteiger charge is -2.49. The van der Waals surface area contributed by atoms with Crippen molar-refractivity contribution in [3.63, 3.8) is 0 Å². The molecule has 6 nitrogen and oxygen atoms in total. The number of anilines is 1. The number of ether oxygens (including phenoxy) is 1. The molecule has 2 heterocycles. The third-order valence-electron chi connectivity index (χ3n) is 6.01. The number of hydrogen-bond acceptors (Lipinski definition) is 6. The van der Waals surface area contributed by atoms with Crippen LogP contribution < -0.4 is 10.6 Å². The van der Waals surface area contributed by atoms with Crippen molar-refractivity contribution in [2.45, 2.75) is 50.4 Å². The predicted octanol–water partition coefficient (Wildman–Crippen LogP) is 3.40. The summed E-state index contributed by atoms with van der Waals surface area (Å²) in [6.45, 7) is 0.687. The lowest BCUT2D eigenvalue weighted by atomic mass is 9.65. The highest BCUT2D eigenvalue weighted by Gasteiger charge is 2.51. The van der Waals surface area contributed by atoms with Crippen LogP contribution in [0, 0.1) is 5.41 Å². The molecule has 28 heavy (non-hydrogen) atoms. The Morgan fingerprint density at radius 3 is 2.64 bits per heavy atom. The number of fused-ring (bicyclic) bond motifs is 1. The molecule has 1 atom stereocenters. The van der Waals surface area contributed by atoms with Gasteiger partial charge in [0.2, 0.25) is 0 Å². The predicted molar refractivity (Wildman–Crippen MR) is 95.7 cm³/mol. The molecule has 9 heteroatoms. The molecule has 1 spiro atoms. The molecule has 1 aromatic heterocycles. The quantitative estimate of drug-likeness (QED) is 0.783. The van der Waals surface area contributed by atoms with Crippen LogP contribution in [-0.4, -0.2) is 42.4 Å². The Bertz CT molecular complexity index is 826. The molecule has 4 rings (SSSR count). The van der Waals surface area contributed by atoms with Crippen molar-refractivity contribution in [2.24, 2.45) is 11.1 Å². The van der Waals surface area contributed by atoms with Crippen LogP contribution in [0.3, 0.4) is 0 Å². The van der Waals surface area contributed by atoms with Gasteiger partial charge in [-0.25, -0.2) is 4.79 Å². The molecule has 152 valence electrons. The van der Waals surface area contributed by atoms with Crippen LogP contribution in [0.25, 0.3) is 11.1 Å². The summed E-state index contributed by atoms with van der Waals surface area (Å²) in [5.74, 6) is -2.15. The summed E-state index contributed by atoms with van der Waals surface area (Å²) in [5, 5.41) is 0. The van der Waals surface area contributed by atoms with Gasteiger partial charge in [0, 0.05) is 18.0 Å². The van der Waals surface area contributed by atoms with Gasteiger partial charge in [-0.05, 0) is 44.2 Å². The first-order chi connectivity index (χ1) is 13.3. The number of alkyl halides is 3. The lowest BCUT2D eigenvalue weighted by Crippen LogP contribution is -2.55. The van der Waals surface area contributed by atoms with Gasteiger partial charge in [-0.3, -0.25) is 0 Å². The molecular weight excluding hydrogens is 375 g/mol. The Labute approximate surface area is 159 Å². The molecule has 0 radical (unpaired) electrons. The van der Waals surface area contributed by atoms with E-state index < -0.39 is 23.7 Å². The second kappa shape index (κ2) is 6.95. The SMILES string of the molecule is NC1CCC2(CC1)CCN(c1nc3ccccc3o1)CC2OC(=O)C(F)(F)F. The third-order valence-corrected chi connectivity index (χ3v) is 6.01. The second-order valence-electron chi connectivity index (χ2n) is 7.75. The number of esters is 1. The molecule has 1 saturated carbocycles. The summed E-state index contributed by atoms with van der Waals surface area (Å²) in [6, 6.07) is 7.61. The van der Waals surface area contributed by atoms with Crippen LogP contribution in [0.4, 0.5) is 19.2 Å². The van der Waals surface area contributed by atoms with Crippen molar-refractivity contribution in [3.05, 3.63) is 24.3 Å². The summed E-state index contributed by atoms with van der Waals surface area (Å²) in [4.78, 5) is 17.8. The first-order valence-electron chi connectivity index (χ1n) is 9.41. The zero-order valence-corrected chi connectivity index (χ0v) is 15.2. The summed E-state index contributed by atoms with van der Waals surface area (Å²) in [5.41, 5.74) is 6.77. The van der Waals surface area contributed by atoms with Gasteiger partial charge < -0.3 is 19.8 Å². The van der Waals surface area contributed by atoms with E-state index in [0.717, 1.165) is 0 Å². The summed E-state index contributed by atoms with van der Waals surface area (Å²) in [7, 11) is 0. The Morgan fingerprint density at radius 1 is 1.25 bits per heavy atom. The Morgan fingerprint density at radius 2 is 1.96 bits per heavy atom. The minimum Gasteiger partial charge on any atom is -0.453 e. The minimum atomic E-state index is -5.02. The lowest BCUT2D eigenvalue weighted by molar-refractivity contribution is -0.212. The fraction of sp³-hybridized carbons (Fsp3) is 0.579. The summed E-state index contributed by atoms with van der Waals surface area (Å²) < 4.78 is 49.3. The molecule has 1 saturated heterocycles. The number of carbonyl (C=O) groups excluding carboxylic acids is 1. The summed E-state index contributed by atoms with van der Waals surface area (Å²) in [6.07, 6.45) is -2.61. The average Bonchev–Trinajstić information content (AvgIpc) is 3.09. The number of nitrogens with zero attached hydrogens (tertiary/aromatic N) is 2. The molecule has 2 N–H and O–H groups in total. The highest BCUT2D eigenvalue weighted by atomic mass is 19.4. The number of oxazole rings is 1. The molecule has 2 aromatic rings. The smallest absolute Gasteiger partial charge is 0.453 e. The van der Waals surface area contributed by atoms with Crippen LogP contribution in [-0.2, 0) is 9.53 Å². The van der Waals surface area contributed by atoms with Crippen molar-refractivity contribution in [3.8, 4) is 0 Å². The Balaban J connectivity index is 1.59. The molecular formula is C19H22F3N3O3. The molecule has 1 aliphatic carbocycles. The van der Waals surface area contributed by atoms with E-state index in [1.54, 1.807) is 17.0 Å². The van der Waals surface area contributed by atoms with E-state index in [-0.39, 0.29) is 12.6 Å². The zero-order chi connectivity index (χ0) is 19.9. The maximum atomic E-state index is 12.8. The van der Waals surface area contributed by atoms with E-state index in [9.17, 15) is 18.0 Å². The summed E-state index contributed by atoms with van der Waals surface area (Å²) >= 11 is 0. The van der Waals surface area contributed by atoms with Crippen LogP contribution >= 0.6 is 0 Å².